The van der Waals surface area contributed by atoms with Crippen LogP contribution in [0.4, 0.5) is 4.39 Å². The van der Waals surface area contributed by atoms with Crippen molar-refractivity contribution in [1.29, 1.82) is 0 Å². The van der Waals surface area contributed by atoms with Gasteiger partial charge in [-0.1, -0.05) is 55.0 Å². The Kier molecular flexibility index (Phi) is 32.1. The van der Waals surface area contributed by atoms with Gasteiger partial charge in [0.1, 0.15) is 46.2 Å². The molecular weight excluding hydrogens is 1810 g/mol. The average molecular weight is 1950 g/mol. The van der Waals surface area contributed by atoms with E-state index in [0.717, 1.165) is 133 Å². The lowest BCUT2D eigenvalue weighted by Gasteiger charge is -2.44. The lowest BCUT2D eigenvalue weighted by Crippen LogP contribution is -2.60. The summed E-state index contributed by atoms with van der Waals surface area (Å²) in [5.74, 6) is 2.19. The standard InChI is InChI=1S/C24H30N4O4S.C22H33N3O4S.C18H26N2O3S.C17H26N2O4S.C16H23FN2O3S/c1-17(29)19-6-8-21(9-7-19)33(31,32)28-22(15-20-3-2-12-25-20)23(30)26-24(28)10-13-27(14-11-24)16-18-4-5-18;1-17(26)19-6-8-21(9-7-19)30(27,28)25-16-20(15-23(2)3)29-22(25)10-12-24(13-11-22)14-18-4-5-18;1-15-2-6-17(7-3-15)24(21,22)20-12-13-23-18(20)8-10-19(11-9-18)14-16-4-5-16;1-14(2)18-10-8-17(9-11-18)19(12-13-23-17)24(20,21)16-6-4-15(22-3)5-7-16;1-2-9-18-10-7-16(8-11-18)19(12-13-22-16)23(20,21)15-5-3-14(17)4-6-15/h3,6-9,12,18,22H,2,4-5,10-11,13-16H2,1H3,(H,26,30);6-9,18,20H,4-5,10-16H2,1-3H3;2-3,6-7,16H,4-5,8-14H2,1H3;4-7,14H,8-13H2,1-3H3;3-6H,2,7-13H2,1H3. The molecule has 0 radical (unpaired) electrons. The first-order valence-corrected chi connectivity index (χ1v) is 55.3. The number of piperidine rings is 5. The molecule has 2 unspecified atom stereocenters. The van der Waals surface area contributed by atoms with E-state index in [4.69, 9.17) is 23.7 Å². The lowest BCUT2D eigenvalue weighted by molar-refractivity contribution is -0.121. The second-order valence-electron chi connectivity index (χ2n) is 39.2. The Morgan fingerprint density at radius 3 is 1.25 bits per heavy atom. The molecule has 1 amide bonds. The van der Waals surface area contributed by atoms with Crippen molar-refractivity contribution in [1.82, 2.24) is 56.2 Å². The van der Waals surface area contributed by atoms with Crippen molar-refractivity contribution in [3.8, 4) is 5.75 Å². The van der Waals surface area contributed by atoms with Crippen LogP contribution in [-0.2, 0) is 73.9 Å². The van der Waals surface area contributed by atoms with Crippen LogP contribution in [0.5, 0.6) is 5.75 Å². The quantitative estimate of drug-likeness (QED) is 0.0503. The van der Waals surface area contributed by atoms with Gasteiger partial charge in [-0.3, -0.25) is 19.4 Å². The zero-order valence-electron chi connectivity index (χ0n) is 79.3. The molecule has 11 aliphatic heterocycles. The molecule has 1 N–H and O–H groups in total. The number of carbonyl (C=O) groups is 3. The van der Waals surface area contributed by atoms with Crippen LogP contribution in [0.3, 0.4) is 0 Å². The zero-order valence-corrected chi connectivity index (χ0v) is 83.4. The van der Waals surface area contributed by atoms with E-state index in [-0.39, 0.29) is 44.7 Å². The molecule has 5 spiro atoms. The van der Waals surface area contributed by atoms with Crippen molar-refractivity contribution in [3.63, 3.8) is 0 Å². The Balaban J connectivity index is 0.000000129. The number of ketones is 2. The summed E-state index contributed by atoms with van der Waals surface area (Å²) in [6.45, 7) is 27.8. The molecule has 13 fully saturated rings. The maximum absolute atomic E-state index is 14.0. The lowest BCUT2D eigenvalue weighted by atomic mass is 9.97. The largest absolute Gasteiger partial charge is 0.497 e. The van der Waals surface area contributed by atoms with Crippen LogP contribution in [0.1, 0.15) is 183 Å². The number of hydrogen-bond acceptors (Lipinski definition) is 25. The Hall–Kier alpha value is -6.80. The molecule has 31 nitrogen and oxygen atoms in total. The van der Waals surface area contributed by atoms with Gasteiger partial charge >= 0.3 is 0 Å². The summed E-state index contributed by atoms with van der Waals surface area (Å²) in [4.78, 5) is 55.9. The van der Waals surface area contributed by atoms with E-state index in [1.54, 1.807) is 86.9 Å². The van der Waals surface area contributed by atoms with Gasteiger partial charge in [0.2, 0.25) is 56.0 Å². The number of ether oxygens (including phenoxy) is 5. The van der Waals surface area contributed by atoms with Crippen LogP contribution >= 0.6 is 0 Å². The number of nitrogens with one attached hydrogen (secondary N) is 1. The number of rotatable bonds is 26. The summed E-state index contributed by atoms with van der Waals surface area (Å²) in [6.07, 6.45) is 20.3. The third-order valence-electron chi connectivity index (χ3n) is 29.0. The number of hydrogen-bond donors (Lipinski definition) is 1. The number of sulfonamides is 5. The van der Waals surface area contributed by atoms with E-state index in [2.05, 4.69) is 55.6 Å². The van der Waals surface area contributed by atoms with Crippen molar-refractivity contribution >= 4 is 73.8 Å². The molecule has 5 aromatic rings. The van der Waals surface area contributed by atoms with Gasteiger partial charge in [0.25, 0.3) is 0 Å². The molecule has 736 valence electrons. The summed E-state index contributed by atoms with van der Waals surface area (Å²) < 4.78 is 184. The third kappa shape index (κ3) is 23.1. The summed E-state index contributed by atoms with van der Waals surface area (Å²) in [5.41, 5.74) is -1.01. The Morgan fingerprint density at radius 2 is 0.873 bits per heavy atom. The maximum atomic E-state index is 14.0. The topological polar surface area (TPSA) is 328 Å². The molecule has 0 aromatic heterocycles. The maximum Gasteiger partial charge on any atom is 0.245 e. The Labute approximate surface area is 793 Å². The molecule has 10 saturated heterocycles. The second kappa shape index (κ2) is 42.3. The summed E-state index contributed by atoms with van der Waals surface area (Å²) in [6, 6.07) is 30.6. The number of allylic oxidation sites excluding steroid dienone is 1. The van der Waals surface area contributed by atoms with E-state index >= 15 is 0 Å². The summed E-state index contributed by atoms with van der Waals surface area (Å²) in [5, 5.41) is 3.09. The molecule has 3 aliphatic carbocycles. The van der Waals surface area contributed by atoms with E-state index in [1.165, 1.54) is 116 Å². The van der Waals surface area contributed by atoms with Gasteiger partial charge in [-0.05, 0) is 216 Å². The van der Waals surface area contributed by atoms with Crippen LogP contribution in [0.2, 0.25) is 0 Å². The number of halogens is 1. The molecule has 19 rings (SSSR count). The second-order valence-corrected chi connectivity index (χ2v) is 48.5. The molecule has 37 heteroatoms. The SMILES string of the molecule is CC(=O)c1ccc(S(=O)(=O)N2C(CC3=CCC=N3)C(=O)NC23CCN(CC2CC2)CC3)cc1.CC(=O)c1ccc(S(=O)(=O)N2CC(CN(C)C)OC23CCN(CC2CC2)CC3)cc1.CCCN1CCC2(CC1)OCCN2S(=O)(=O)c1ccc(F)cc1.COc1ccc(S(=O)(=O)N2CCOC23CCN(C(C)C)CC3)cc1.Cc1ccc(S(=O)(=O)N2CCOC23CCN(CC2CC2)CC3)cc1. The van der Waals surface area contributed by atoms with Crippen molar-refractivity contribution in [2.75, 3.05) is 165 Å². The van der Waals surface area contributed by atoms with Gasteiger partial charge in [-0.25, -0.2) is 46.5 Å². The number of likely N-dealkylation sites (N-methyl/N-ethyl adjacent to an activating group) is 1. The number of nitrogens with zero attached hydrogens (tertiary/aromatic N) is 12. The van der Waals surface area contributed by atoms with Crippen LogP contribution in [0.15, 0.2) is 163 Å². The van der Waals surface area contributed by atoms with Crippen molar-refractivity contribution in [2.24, 2.45) is 22.7 Å². The molecule has 2 atom stereocenters. The minimum atomic E-state index is -4.00. The predicted octanol–water partition coefficient (Wildman–Crippen LogP) is 10.6. The number of methoxy groups -OCH3 is 1. The van der Waals surface area contributed by atoms with Gasteiger partial charge in [0.15, 0.2) is 11.6 Å². The summed E-state index contributed by atoms with van der Waals surface area (Å²) >= 11 is 0. The highest BCUT2D eigenvalue weighted by atomic mass is 32.2. The Bertz CT molecular complexity index is 5560. The fourth-order valence-electron chi connectivity index (χ4n) is 20.9. The van der Waals surface area contributed by atoms with Crippen molar-refractivity contribution in [3.05, 3.63) is 156 Å². The third-order valence-corrected chi connectivity index (χ3v) is 38.8. The Morgan fingerprint density at radius 1 is 0.500 bits per heavy atom. The smallest absolute Gasteiger partial charge is 0.245 e. The number of carbonyl (C=O) groups excluding carboxylic acids is 3. The highest BCUT2D eigenvalue weighted by molar-refractivity contribution is 7.90. The molecule has 11 heterocycles. The van der Waals surface area contributed by atoms with Crippen LogP contribution in [0.25, 0.3) is 0 Å². The van der Waals surface area contributed by atoms with Gasteiger partial charge in [-0.2, -0.15) is 21.5 Å². The predicted molar refractivity (Wildman–Crippen MR) is 508 cm³/mol. The van der Waals surface area contributed by atoms with Crippen LogP contribution in [-0.4, -0.2) is 329 Å². The minimum Gasteiger partial charge on any atom is -0.497 e. The number of Topliss-reactive ketones (excluding diaryl/α,β-unsaturated/α-hetero) is 2. The first-order chi connectivity index (χ1) is 63.8. The van der Waals surface area contributed by atoms with Crippen LogP contribution < -0.4 is 10.1 Å². The van der Waals surface area contributed by atoms with E-state index in [0.29, 0.717) is 143 Å². The highest BCUT2D eigenvalue weighted by Crippen LogP contribution is 2.47. The van der Waals surface area contributed by atoms with Gasteiger partial charge in [-0.15, -0.1) is 0 Å². The van der Waals surface area contributed by atoms with Gasteiger partial charge < -0.3 is 58.4 Å². The number of likely N-dealkylation sites (tertiary alicyclic amines) is 5. The average Bonchev–Trinajstić information content (AvgIpc) is 1.57. The molecular formula is C97H138FN13O18S5. The van der Waals surface area contributed by atoms with Gasteiger partial charge in [0.05, 0.1) is 57.5 Å². The molecule has 3 saturated carbocycles. The number of amides is 1. The number of aryl methyl sites for hydroxylation is 1. The highest BCUT2D eigenvalue weighted by Gasteiger charge is 2.60. The fraction of sp³-hybridized carbons (Fsp3) is 0.629. The van der Waals surface area contributed by atoms with Gasteiger partial charge in [0, 0.05) is 211 Å². The van der Waals surface area contributed by atoms with Crippen molar-refractivity contribution < 1.29 is 84.5 Å². The van der Waals surface area contributed by atoms with E-state index in [1.807, 2.05) is 44.1 Å². The van der Waals surface area contributed by atoms with Crippen molar-refractivity contribution in [2.45, 2.75) is 235 Å². The number of aliphatic imine (C=N–C) groups is 1. The molecule has 5 aromatic carbocycles. The molecule has 0 bridgehead atoms. The van der Waals surface area contributed by atoms with Crippen LogP contribution in [0, 0.1) is 30.5 Å². The zero-order chi connectivity index (χ0) is 95.4. The fourth-order valence-corrected chi connectivity index (χ4v) is 29.7. The first-order valence-electron chi connectivity index (χ1n) is 48.1. The molecule has 134 heavy (non-hydrogen) atoms. The minimum absolute atomic E-state index is 0.0750. The first kappa shape index (κ1) is 102. The van der Waals surface area contributed by atoms with E-state index in [9.17, 15) is 60.9 Å². The summed E-state index contributed by atoms with van der Waals surface area (Å²) in [7, 11) is -13.0. The monoisotopic (exact) mass is 1950 g/mol. The van der Waals surface area contributed by atoms with E-state index < -0.39 is 90.5 Å². The molecule has 14 aliphatic rings. The number of benzene rings is 5. The normalized spacial score (nSPS) is 24.4.